The van der Waals surface area contributed by atoms with Gasteiger partial charge < -0.3 is 5.32 Å². The van der Waals surface area contributed by atoms with Crippen LogP contribution in [0.25, 0.3) is 5.65 Å². The number of tetrazole rings is 1. The number of carbonyl (C=O) groups is 1. The number of hydrogen-bond donors (Lipinski definition) is 1. The molecule has 6 heteroatoms. The standard InChI is InChI=1S/C9H9N5O/c1-2-5-10-9(15)7-4-3-6-14-8(7)11-12-13-14/h2-4,6H,1,5H2,(H,10,15). The molecule has 15 heavy (non-hydrogen) atoms. The fourth-order valence-corrected chi connectivity index (χ4v) is 1.20. The van der Waals surface area contributed by atoms with Crippen molar-refractivity contribution in [1.82, 2.24) is 25.4 Å². The van der Waals surface area contributed by atoms with E-state index in [-0.39, 0.29) is 5.91 Å². The van der Waals surface area contributed by atoms with Crippen LogP contribution in [0.1, 0.15) is 10.4 Å². The Hall–Kier alpha value is -2.24. The van der Waals surface area contributed by atoms with Crippen LogP contribution in [0.2, 0.25) is 0 Å². The second-order valence-electron chi connectivity index (χ2n) is 2.87. The van der Waals surface area contributed by atoms with Crippen LogP contribution in [0.3, 0.4) is 0 Å². The molecule has 2 rings (SSSR count). The highest BCUT2D eigenvalue weighted by Gasteiger charge is 2.11. The topological polar surface area (TPSA) is 72.2 Å². The molecule has 1 N–H and O–H groups in total. The molecule has 2 aromatic rings. The third-order valence-electron chi connectivity index (χ3n) is 1.88. The summed E-state index contributed by atoms with van der Waals surface area (Å²) in [4.78, 5) is 11.6. The Balaban J connectivity index is 2.38. The maximum absolute atomic E-state index is 11.6. The summed E-state index contributed by atoms with van der Waals surface area (Å²) in [7, 11) is 0. The van der Waals surface area contributed by atoms with Gasteiger partial charge in [0.2, 0.25) is 0 Å². The number of rotatable bonds is 3. The van der Waals surface area contributed by atoms with Crippen LogP contribution in [0, 0.1) is 0 Å². The van der Waals surface area contributed by atoms with Crippen molar-refractivity contribution in [2.45, 2.75) is 0 Å². The summed E-state index contributed by atoms with van der Waals surface area (Å²) in [5.74, 6) is -0.213. The molecule has 0 unspecified atom stereocenters. The molecule has 6 nitrogen and oxygen atoms in total. The van der Waals surface area contributed by atoms with Gasteiger partial charge in [-0.25, -0.2) is 0 Å². The predicted octanol–water partition coefficient (Wildman–Crippen LogP) is 0.0401. The van der Waals surface area contributed by atoms with Gasteiger partial charge in [0.15, 0.2) is 5.65 Å². The predicted molar refractivity (Wildman–Crippen MR) is 53.3 cm³/mol. The molecule has 76 valence electrons. The molecule has 0 radical (unpaired) electrons. The number of carbonyl (C=O) groups excluding carboxylic acids is 1. The lowest BCUT2D eigenvalue weighted by atomic mass is 10.2. The van der Waals surface area contributed by atoms with E-state index in [4.69, 9.17) is 0 Å². The molecule has 0 aromatic carbocycles. The summed E-state index contributed by atoms with van der Waals surface area (Å²) in [6, 6.07) is 3.39. The van der Waals surface area contributed by atoms with E-state index in [0.717, 1.165) is 0 Å². The van der Waals surface area contributed by atoms with Gasteiger partial charge in [-0.1, -0.05) is 6.08 Å². The number of amides is 1. The van der Waals surface area contributed by atoms with E-state index in [0.29, 0.717) is 17.8 Å². The summed E-state index contributed by atoms with van der Waals surface area (Å²) in [5.41, 5.74) is 0.892. The van der Waals surface area contributed by atoms with Crippen molar-refractivity contribution in [3.8, 4) is 0 Å². The van der Waals surface area contributed by atoms with E-state index < -0.39 is 0 Å². The quantitative estimate of drug-likeness (QED) is 0.715. The van der Waals surface area contributed by atoms with E-state index in [2.05, 4.69) is 27.4 Å². The van der Waals surface area contributed by atoms with Crippen molar-refractivity contribution in [1.29, 1.82) is 0 Å². The minimum absolute atomic E-state index is 0.213. The van der Waals surface area contributed by atoms with Crippen molar-refractivity contribution >= 4 is 11.6 Å². The molecule has 0 aliphatic carbocycles. The Labute approximate surface area is 85.6 Å². The highest BCUT2D eigenvalue weighted by molar-refractivity contribution is 5.99. The van der Waals surface area contributed by atoms with Crippen LogP contribution < -0.4 is 5.32 Å². The molecule has 0 fully saturated rings. The molecular weight excluding hydrogens is 194 g/mol. The first-order chi connectivity index (χ1) is 7.33. The molecule has 0 atom stereocenters. The van der Waals surface area contributed by atoms with Crippen molar-refractivity contribution in [3.05, 3.63) is 36.5 Å². The molecule has 0 saturated carbocycles. The first-order valence-corrected chi connectivity index (χ1v) is 4.38. The minimum atomic E-state index is -0.213. The van der Waals surface area contributed by atoms with E-state index >= 15 is 0 Å². The molecule has 0 saturated heterocycles. The summed E-state index contributed by atoms with van der Waals surface area (Å²) in [5, 5.41) is 13.6. The summed E-state index contributed by atoms with van der Waals surface area (Å²) in [6.07, 6.45) is 3.29. The Morgan fingerprint density at radius 1 is 1.67 bits per heavy atom. The highest BCUT2D eigenvalue weighted by atomic mass is 16.1. The summed E-state index contributed by atoms with van der Waals surface area (Å²) < 4.78 is 1.45. The van der Waals surface area contributed by atoms with Gasteiger partial charge in [0.1, 0.15) is 0 Å². The van der Waals surface area contributed by atoms with Gasteiger partial charge >= 0.3 is 0 Å². The van der Waals surface area contributed by atoms with Crippen molar-refractivity contribution in [2.75, 3.05) is 6.54 Å². The second-order valence-corrected chi connectivity index (χ2v) is 2.87. The Bertz CT molecular complexity index is 504. The number of pyridine rings is 1. The third kappa shape index (κ3) is 1.69. The zero-order valence-corrected chi connectivity index (χ0v) is 7.92. The third-order valence-corrected chi connectivity index (χ3v) is 1.88. The average Bonchev–Trinajstić information content (AvgIpc) is 2.73. The van der Waals surface area contributed by atoms with Crippen LogP contribution in [0.5, 0.6) is 0 Å². The number of fused-ring (bicyclic) bond motifs is 1. The number of nitrogens with zero attached hydrogens (tertiary/aromatic N) is 4. The molecule has 1 amide bonds. The lowest BCUT2D eigenvalue weighted by Crippen LogP contribution is -2.23. The monoisotopic (exact) mass is 203 g/mol. The van der Waals surface area contributed by atoms with E-state index in [1.165, 1.54) is 4.52 Å². The lowest BCUT2D eigenvalue weighted by Gasteiger charge is -2.01. The summed E-state index contributed by atoms with van der Waals surface area (Å²) >= 11 is 0. The first-order valence-electron chi connectivity index (χ1n) is 4.38. The van der Waals surface area contributed by atoms with E-state index in [1.54, 1.807) is 24.4 Å². The fraction of sp³-hybridized carbons (Fsp3) is 0.111. The Morgan fingerprint density at radius 3 is 3.33 bits per heavy atom. The summed E-state index contributed by atoms with van der Waals surface area (Å²) in [6.45, 7) is 3.94. The van der Waals surface area contributed by atoms with Crippen molar-refractivity contribution < 1.29 is 4.79 Å². The van der Waals surface area contributed by atoms with Gasteiger partial charge in [-0.05, 0) is 22.6 Å². The molecule has 2 aromatic heterocycles. The largest absolute Gasteiger partial charge is 0.348 e. The van der Waals surface area contributed by atoms with Crippen LogP contribution in [-0.4, -0.2) is 32.5 Å². The smallest absolute Gasteiger partial charge is 0.255 e. The normalized spacial score (nSPS) is 10.1. The van der Waals surface area contributed by atoms with Crippen LogP contribution in [0.15, 0.2) is 31.0 Å². The molecule has 0 aliphatic rings. The highest BCUT2D eigenvalue weighted by Crippen LogP contribution is 2.05. The van der Waals surface area contributed by atoms with Gasteiger partial charge in [0.05, 0.1) is 5.56 Å². The molecule has 0 bridgehead atoms. The zero-order chi connectivity index (χ0) is 10.7. The van der Waals surface area contributed by atoms with Crippen LogP contribution in [-0.2, 0) is 0 Å². The number of aromatic nitrogens is 4. The Kier molecular flexibility index (Phi) is 2.40. The fourth-order valence-electron chi connectivity index (χ4n) is 1.20. The first kappa shape index (κ1) is 9.32. The average molecular weight is 203 g/mol. The lowest BCUT2D eigenvalue weighted by molar-refractivity contribution is 0.0959. The van der Waals surface area contributed by atoms with Crippen molar-refractivity contribution in [2.24, 2.45) is 0 Å². The maximum atomic E-state index is 11.6. The van der Waals surface area contributed by atoms with Gasteiger partial charge in [-0.15, -0.1) is 11.7 Å². The van der Waals surface area contributed by atoms with Crippen LogP contribution in [0.4, 0.5) is 0 Å². The van der Waals surface area contributed by atoms with Gasteiger partial charge in [0.25, 0.3) is 5.91 Å². The number of nitrogens with one attached hydrogen (secondary N) is 1. The molecular formula is C9H9N5O. The van der Waals surface area contributed by atoms with E-state index in [9.17, 15) is 4.79 Å². The molecule has 0 aliphatic heterocycles. The number of hydrogen-bond acceptors (Lipinski definition) is 4. The zero-order valence-electron chi connectivity index (χ0n) is 7.92. The Morgan fingerprint density at radius 2 is 2.53 bits per heavy atom. The molecule has 0 spiro atoms. The second kappa shape index (κ2) is 3.87. The minimum Gasteiger partial charge on any atom is -0.348 e. The SMILES string of the molecule is C=CCNC(=O)c1cccn2nnnc12. The molecule has 2 heterocycles. The maximum Gasteiger partial charge on any atom is 0.255 e. The van der Waals surface area contributed by atoms with Gasteiger partial charge in [0, 0.05) is 12.7 Å². The van der Waals surface area contributed by atoms with Gasteiger partial charge in [-0.2, -0.15) is 4.52 Å². The van der Waals surface area contributed by atoms with E-state index in [1.807, 2.05) is 0 Å². The van der Waals surface area contributed by atoms with Gasteiger partial charge in [-0.3, -0.25) is 4.79 Å². The van der Waals surface area contributed by atoms with Crippen LogP contribution >= 0.6 is 0 Å². The van der Waals surface area contributed by atoms with Crippen molar-refractivity contribution in [3.63, 3.8) is 0 Å².